The van der Waals surface area contributed by atoms with Gasteiger partial charge in [-0.3, -0.25) is 9.59 Å². The highest BCUT2D eigenvalue weighted by molar-refractivity contribution is 8.00. The normalized spacial score (nSPS) is 14.1. The molecular weight excluding hydrogens is 226 g/mol. The standard InChI is InChI=1S/C11H11NO3S/c13-10-6-16-9-5-7(2-4-11(14)15)1-3-8(9)12-10/h1,3,5H,2,4,6H2,(H,12,13)(H,14,15). The van der Waals surface area contributed by atoms with Crippen LogP contribution in [0.15, 0.2) is 23.1 Å². The molecule has 0 bridgehead atoms. The van der Waals surface area contributed by atoms with Crippen LogP contribution in [-0.2, 0) is 16.0 Å². The molecule has 0 aromatic heterocycles. The molecule has 84 valence electrons. The third-order valence-corrected chi connectivity index (χ3v) is 3.36. The number of carboxylic acids is 1. The molecule has 1 amide bonds. The summed E-state index contributed by atoms with van der Waals surface area (Å²) >= 11 is 1.49. The number of hydrogen-bond acceptors (Lipinski definition) is 3. The predicted molar refractivity (Wildman–Crippen MR) is 61.8 cm³/mol. The van der Waals surface area contributed by atoms with Crippen molar-refractivity contribution in [2.75, 3.05) is 11.1 Å². The lowest BCUT2D eigenvalue weighted by molar-refractivity contribution is -0.137. The van der Waals surface area contributed by atoms with Gasteiger partial charge in [-0.2, -0.15) is 0 Å². The molecule has 0 spiro atoms. The Labute approximate surface area is 97.0 Å². The first-order valence-corrected chi connectivity index (χ1v) is 5.91. The van der Waals surface area contributed by atoms with Crippen LogP contribution in [0, 0.1) is 0 Å². The van der Waals surface area contributed by atoms with E-state index in [1.54, 1.807) is 0 Å². The first-order chi connectivity index (χ1) is 7.65. The molecule has 0 atom stereocenters. The molecular formula is C11H11NO3S. The smallest absolute Gasteiger partial charge is 0.303 e. The van der Waals surface area contributed by atoms with Gasteiger partial charge in [-0.1, -0.05) is 6.07 Å². The second kappa shape index (κ2) is 4.57. The number of hydrogen-bond donors (Lipinski definition) is 2. The minimum Gasteiger partial charge on any atom is -0.481 e. The minimum absolute atomic E-state index is 0.00999. The number of carbonyl (C=O) groups excluding carboxylic acids is 1. The van der Waals surface area contributed by atoms with Gasteiger partial charge in [0.2, 0.25) is 5.91 Å². The molecule has 2 rings (SSSR count). The molecule has 1 aliphatic rings. The van der Waals surface area contributed by atoms with Crippen molar-refractivity contribution in [2.45, 2.75) is 17.7 Å². The predicted octanol–water partition coefficient (Wildman–Crippen LogP) is 1.75. The van der Waals surface area contributed by atoms with Gasteiger partial charge in [0.05, 0.1) is 11.4 Å². The average molecular weight is 237 g/mol. The number of carboxylic acid groups (broad SMARTS) is 1. The van der Waals surface area contributed by atoms with Crippen molar-refractivity contribution in [3.05, 3.63) is 23.8 Å². The quantitative estimate of drug-likeness (QED) is 0.840. The van der Waals surface area contributed by atoms with Gasteiger partial charge in [-0.15, -0.1) is 11.8 Å². The largest absolute Gasteiger partial charge is 0.481 e. The zero-order chi connectivity index (χ0) is 11.5. The van der Waals surface area contributed by atoms with Gasteiger partial charge in [0, 0.05) is 11.3 Å². The number of aryl methyl sites for hydroxylation is 1. The molecule has 0 aliphatic carbocycles. The first-order valence-electron chi connectivity index (χ1n) is 4.92. The van der Waals surface area contributed by atoms with Crippen LogP contribution in [0.3, 0.4) is 0 Å². The van der Waals surface area contributed by atoms with Crippen LogP contribution in [0.1, 0.15) is 12.0 Å². The lowest BCUT2D eigenvalue weighted by atomic mass is 10.1. The number of amides is 1. The number of fused-ring (bicyclic) bond motifs is 1. The fraction of sp³-hybridized carbons (Fsp3) is 0.273. The van der Waals surface area contributed by atoms with Crippen molar-refractivity contribution in [3.8, 4) is 0 Å². The summed E-state index contributed by atoms with van der Waals surface area (Å²) in [4.78, 5) is 22.6. The van der Waals surface area contributed by atoms with Crippen molar-refractivity contribution in [1.82, 2.24) is 0 Å². The maximum absolute atomic E-state index is 11.1. The fourth-order valence-corrected chi connectivity index (χ4v) is 2.39. The Hall–Kier alpha value is -1.49. The van der Waals surface area contributed by atoms with E-state index in [9.17, 15) is 9.59 Å². The van der Waals surface area contributed by atoms with Crippen LogP contribution < -0.4 is 5.32 Å². The molecule has 0 saturated heterocycles. The second-order valence-electron chi connectivity index (χ2n) is 3.56. The molecule has 0 unspecified atom stereocenters. The van der Waals surface area contributed by atoms with E-state index in [4.69, 9.17) is 5.11 Å². The Balaban J connectivity index is 2.13. The molecule has 0 radical (unpaired) electrons. The Bertz CT molecular complexity index is 445. The summed E-state index contributed by atoms with van der Waals surface area (Å²) in [7, 11) is 0. The first kappa shape index (κ1) is 11.0. The van der Waals surface area contributed by atoms with E-state index in [-0.39, 0.29) is 12.3 Å². The summed E-state index contributed by atoms with van der Waals surface area (Å²) in [6, 6.07) is 5.63. The SMILES string of the molecule is O=C(O)CCc1ccc2c(c1)SCC(=O)N2. The summed E-state index contributed by atoms with van der Waals surface area (Å²) in [5, 5.41) is 11.4. The number of benzene rings is 1. The van der Waals surface area contributed by atoms with Crippen LogP contribution in [0.4, 0.5) is 5.69 Å². The third kappa shape index (κ3) is 2.55. The Morgan fingerprint density at radius 3 is 3.06 bits per heavy atom. The average Bonchev–Trinajstić information content (AvgIpc) is 2.26. The van der Waals surface area contributed by atoms with E-state index in [0.717, 1.165) is 16.1 Å². The van der Waals surface area contributed by atoms with Crippen molar-refractivity contribution in [3.63, 3.8) is 0 Å². The molecule has 16 heavy (non-hydrogen) atoms. The summed E-state index contributed by atoms with van der Waals surface area (Å²) in [6.07, 6.45) is 0.660. The van der Waals surface area contributed by atoms with Gasteiger partial charge in [0.25, 0.3) is 0 Å². The molecule has 1 aromatic carbocycles. The summed E-state index contributed by atoms with van der Waals surface area (Å²) in [5.41, 5.74) is 1.81. The molecule has 1 heterocycles. The molecule has 1 aliphatic heterocycles. The van der Waals surface area contributed by atoms with Crippen molar-refractivity contribution in [2.24, 2.45) is 0 Å². The van der Waals surface area contributed by atoms with Crippen molar-refractivity contribution in [1.29, 1.82) is 0 Å². The number of aliphatic carboxylic acids is 1. The summed E-state index contributed by atoms with van der Waals surface area (Å²) in [5.74, 6) is -0.357. The van der Waals surface area contributed by atoms with E-state index in [1.165, 1.54) is 11.8 Å². The van der Waals surface area contributed by atoms with E-state index < -0.39 is 5.97 Å². The number of thioether (sulfide) groups is 1. The van der Waals surface area contributed by atoms with Gasteiger partial charge in [0.15, 0.2) is 0 Å². The second-order valence-corrected chi connectivity index (χ2v) is 4.58. The summed E-state index contributed by atoms with van der Waals surface area (Å²) in [6.45, 7) is 0. The fourth-order valence-electron chi connectivity index (χ4n) is 1.53. The molecule has 0 saturated carbocycles. The third-order valence-electron chi connectivity index (χ3n) is 2.31. The zero-order valence-corrected chi connectivity index (χ0v) is 9.34. The topological polar surface area (TPSA) is 66.4 Å². The Morgan fingerprint density at radius 2 is 2.31 bits per heavy atom. The van der Waals surface area contributed by atoms with Crippen LogP contribution >= 0.6 is 11.8 Å². The van der Waals surface area contributed by atoms with Gasteiger partial charge in [-0.05, 0) is 24.1 Å². The van der Waals surface area contributed by atoms with E-state index in [1.807, 2.05) is 18.2 Å². The Kier molecular flexibility index (Phi) is 3.14. The lowest BCUT2D eigenvalue weighted by Gasteiger charge is -2.16. The molecule has 4 nitrogen and oxygen atoms in total. The Morgan fingerprint density at radius 1 is 1.50 bits per heavy atom. The molecule has 2 N–H and O–H groups in total. The number of nitrogens with one attached hydrogen (secondary N) is 1. The van der Waals surface area contributed by atoms with Crippen LogP contribution in [0.2, 0.25) is 0 Å². The van der Waals surface area contributed by atoms with Crippen LogP contribution in [0.25, 0.3) is 0 Å². The van der Waals surface area contributed by atoms with E-state index in [2.05, 4.69) is 5.32 Å². The maximum Gasteiger partial charge on any atom is 0.303 e. The maximum atomic E-state index is 11.1. The highest BCUT2D eigenvalue weighted by Crippen LogP contribution is 2.32. The zero-order valence-electron chi connectivity index (χ0n) is 8.53. The highest BCUT2D eigenvalue weighted by Gasteiger charge is 2.15. The van der Waals surface area contributed by atoms with Gasteiger partial charge >= 0.3 is 5.97 Å². The van der Waals surface area contributed by atoms with Crippen molar-refractivity contribution >= 4 is 29.3 Å². The summed E-state index contributed by atoms with van der Waals surface area (Å²) < 4.78 is 0. The minimum atomic E-state index is -0.793. The van der Waals surface area contributed by atoms with Crippen LogP contribution in [0.5, 0.6) is 0 Å². The number of rotatable bonds is 3. The molecule has 1 aromatic rings. The molecule has 0 fully saturated rings. The number of anilines is 1. The number of carbonyl (C=O) groups is 2. The van der Waals surface area contributed by atoms with E-state index in [0.29, 0.717) is 12.2 Å². The van der Waals surface area contributed by atoms with Crippen LogP contribution in [-0.4, -0.2) is 22.7 Å². The van der Waals surface area contributed by atoms with Gasteiger partial charge in [-0.25, -0.2) is 0 Å². The molecule has 5 heteroatoms. The highest BCUT2D eigenvalue weighted by atomic mass is 32.2. The van der Waals surface area contributed by atoms with Gasteiger partial charge in [0.1, 0.15) is 0 Å². The van der Waals surface area contributed by atoms with E-state index >= 15 is 0 Å². The van der Waals surface area contributed by atoms with Gasteiger partial charge < -0.3 is 10.4 Å². The monoisotopic (exact) mass is 237 g/mol. The van der Waals surface area contributed by atoms with Crippen molar-refractivity contribution < 1.29 is 14.7 Å². The lowest BCUT2D eigenvalue weighted by Crippen LogP contribution is -2.18.